The zero-order valence-corrected chi connectivity index (χ0v) is 5.41. The lowest BCUT2D eigenvalue weighted by atomic mass is 10.5. The molecule has 0 aliphatic heterocycles. The van der Waals surface area contributed by atoms with E-state index in [1.807, 2.05) is 0 Å². The van der Waals surface area contributed by atoms with Crippen LogP contribution in [0, 0.1) is 12.3 Å². The van der Waals surface area contributed by atoms with Gasteiger partial charge in [-0.3, -0.25) is 0 Å². The first-order chi connectivity index (χ1) is 4.81. The van der Waals surface area contributed by atoms with E-state index in [-0.39, 0.29) is 13.2 Å². The van der Waals surface area contributed by atoms with Crippen LogP contribution in [0.5, 0.6) is 0 Å². The van der Waals surface area contributed by atoms with Crippen molar-refractivity contribution in [1.29, 1.82) is 0 Å². The summed E-state index contributed by atoms with van der Waals surface area (Å²) < 4.78 is 4.42. The summed E-state index contributed by atoms with van der Waals surface area (Å²) in [5.74, 6) is 1.09. The molecule has 0 saturated carbocycles. The molecule has 0 aromatic heterocycles. The molecule has 3 nitrogen and oxygen atoms in total. The summed E-state index contributed by atoms with van der Waals surface area (Å²) >= 11 is 0. The minimum atomic E-state index is -0.692. The molecule has 1 N–H and O–H groups in total. The highest BCUT2D eigenvalue weighted by Gasteiger charge is 1.89. The highest BCUT2D eigenvalue weighted by Crippen LogP contribution is 1.77. The first-order valence-corrected chi connectivity index (χ1v) is 2.70. The lowest BCUT2D eigenvalue weighted by Gasteiger charge is -1.91. The van der Waals surface area contributed by atoms with Crippen LogP contribution in [0.3, 0.4) is 0 Å². The Kier molecular flexibility index (Phi) is 5.12. The molecule has 0 unspecified atom stereocenters. The third kappa shape index (κ3) is 4.88. The van der Waals surface area contributed by atoms with Gasteiger partial charge in [0.05, 0.1) is 6.61 Å². The molecule has 0 bridgehead atoms. The zero-order chi connectivity index (χ0) is 7.82. The molecule has 0 amide bonds. The van der Waals surface area contributed by atoms with Crippen LogP contribution in [0.15, 0.2) is 12.2 Å². The normalized spacial score (nSPS) is 9.20. The van der Waals surface area contributed by atoms with Crippen LogP contribution in [-0.4, -0.2) is 24.3 Å². The van der Waals surface area contributed by atoms with E-state index in [1.165, 1.54) is 12.2 Å². The highest BCUT2D eigenvalue weighted by atomic mass is 16.5. The lowest BCUT2D eigenvalue weighted by Crippen LogP contribution is -1.99. The van der Waals surface area contributed by atoms with Crippen molar-refractivity contribution in [2.75, 3.05) is 13.2 Å². The quantitative estimate of drug-likeness (QED) is 0.253. The maximum atomic E-state index is 10.2. The van der Waals surface area contributed by atoms with Gasteiger partial charge in [0, 0.05) is 5.92 Å². The van der Waals surface area contributed by atoms with Crippen LogP contribution >= 0.6 is 0 Å². The van der Waals surface area contributed by atoms with E-state index >= 15 is 0 Å². The third-order valence-electron chi connectivity index (χ3n) is 0.701. The molecule has 0 aliphatic rings. The monoisotopic (exact) mass is 140 g/mol. The molecular weight excluding hydrogens is 132 g/mol. The first kappa shape index (κ1) is 8.73. The molecule has 0 saturated heterocycles. The van der Waals surface area contributed by atoms with Gasteiger partial charge in [0.1, 0.15) is 6.61 Å². The smallest absolute Gasteiger partial charge is 0.384 e. The first-order valence-electron chi connectivity index (χ1n) is 2.70. The second-order valence-electron chi connectivity index (χ2n) is 1.40. The second kappa shape index (κ2) is 5.86. The van der Waals surface area contributed by atoms with Crippen LogP contribution in [-0.2, 0) is 9.53 Å². The molecule has 0 radical (unpaired) electrons. The zero-order valence-electron chi connectivity index (χ0n) is 5.41. The number of esters is 1. The number of aliphatic hydroxyl groups is 1. The molecule has 0 atom stereocenters. The van der Waals surface area contributed by atoms with Crippen LogP contribution in [0.2, 0.25) is 0 Å². The molecule has 0 aliphatic carbocycles. The van der Waals surface area contributed by atoms with Crippen LogP contribution in [0.25, 0.3) is 0 Å². The summed E-state index contributed by atoms with van der Waals surface area (Å²) in [5, 5.41) is 8.22. The molecule has 0 aromatic rings. The number of hydrogen-bond acceptors (Lipinski definition) is 3. The van der Waals surface area contributed by atoms with Gasteiger partial charge in [0.15, 0.2) is 0 Å². The largest absolute Gasteiger partial charge is 0.452 e. The Morgan fingerprint density at radius 2 is 2.40 bits per heavy atom. The number of carbonyl (C=O) groups excluding carboxylic acids is 1. The number of ether oxygens (including phenoxy) is 1. The average molecular weight is 140 g/mol. The van der Waals surface area contributed by atoms with Gasteiger partial charge in [-0.25, -0.2) is 4.79 Å². The van der Waals surface area contributed by atoms with Crippen LogP contribution in [0.1, 0.15) is 0 Å². The average Bonchev–Trinajstić information content (AvgIpc) is 1.98. The van der Waals surface area contributed by atoms with Gasteiger partial charge in [0.2, 0.25) is 0 Å². The maximum absolute atomic E-state index is 10.2. The van der Waals surface area contributed by atoms with Crippen molar-refractivity contribution >= 4 is 5.97 Å². The predicted molar refractivity (Wildman–Crippen MR) is 36.0 cm³/mol. The molecule has 0 heterocycles. The van der Waals surface area contributed by atoms with Crippen molar-refractivity contribution in [2.24, 2.45) is 0 Å². The third-order valence-corrected chi connectivity index (χ3v) is 0.701. The molecule has 10 heavy (non-hydrogen) atoms. The topological polar surface area (TPSA) is 46.5 Å². The van der Waals surface area contributed by atoms with Gasteiger partial charge in [0.25, 0.3) is 0 Å². The highest BCUT2D eigenvalue weighted by molar-refractivity contribution is 5.87. The number of hydrogen-bond donors (Lipinski definition) is 1. The number of aliphatic hydroxyl groups excluding tert-OH is 1. The summed E-state index contributed by atoms with van der Waals surface area (Å²) in [4.78, 5) is 10.2. The van der Waals surface area contributed by atoms with Gasteiger partial charge in [-0.05, 0) is 6.08 Å². The van der Waals surface area contributed by atoms with Crippen LogP contribution in [0.4, 0.5) is 0 Å². The van der Waals surface area contributed by atoms with E-state index in [1.54, 1.807) is 5.92 Å². The van der Waals surface area contributed by atoms with Crippen molar-refractivity contribution < 1.29 is 14.6 Å². The summed E-state index contributed by atoms with van der Waals surface area (Å²) in [5.41, 5.74) is 0. The Hall–Kier alpha value is -1.27. The van der Waals surface area contributed by atoms with E-state index in [2.05, 4.69) is 11.2 Å². The summed E-state index contributed by atoms with van der Waals surface area (Å²) in [7, 11) is 0. The Bertz CT molecular complexity index is 164. The number of rotatable bonds is 3. The van der Waals surface area contributed by atoms with Crippen molar-refractivity contribution in [3.05, 3.63) is 12.2 Å². The van der Waals surface area contributed by atoms with E-state index in [9.17, 15) is 4.79 Å². The molecule has 0 fully saturated rings. The Balaban J connectivity index is 3.30. The molecule has 0 aromatic carbocycles. The van der Waals surface area contributed by atoms with Gasteiger partial charge >= 0.3 is 5.97 Å². The van der Waals surface area contributed by atoms with Crippen molar-refractivity contribution in [1.82, 2.24) is 0 Å². The Labute approximate surface area is 59.3 Å². The van der Waals surface area contributed by atoms with Gasteiger partial charge in [-0.15, -0.1) is 6.42 Å². The molecular formula is C7H8O3. The fraction of sp³-hybridized carbons (Fsp3) is 0.286. The number of terminal acetylenes is 1. The minimum Gasteiger partial charge on any atom is -0.452 e. The minimum absolute atomic E-state index is 0.0619. The van der Waals surface area contributed by atoms with Gasteiger partial charge in [-0.1, -0.05) is 6.08 Å². The fourth-order valence-electron chi connectivity index (χ4n) is 0.308. The van der Waals surface area contributed by atoms with E-state index in [4.69, 9.17) is 5.11 Å². The SMILES string of the molecule is C#CC(=O)OC/C=C\CO. The van der Waals surface area contributed by atoms with Crippen molar-refractivity contribution in [3.8, 4) is 12.3 Å². The van der Waals surface area contributed by atoms with Crippen molar-refractivity contribution in [2.45, 2.75) is 0 Å². The van der Waals surface area contributed by atoms with E-state index in [0.717, 1.165) is 0 Å². The molecule has 0 spiro atoms. The summed E-state index contributed by atoms with van der Waals surface area (Å²) in [6.45, 7) is 0.0528. The predicted octanol–water partition coefficient (Wildman–Crippen LogP) is -0.289. The standard InChI is InChI=1S/C7H8O3/c1-2-7(9)10-6-4-3-5-8/h1,3-4,8H,5-6H2/b4-3-. The van der Waals surface area contributed by atoms with E-state index < -0.39 is 5.97 Å². The van der Waals surface area contributed by atoms with Crippen molar-refractivity contribution in [3.63, 3.8) is 0 Å². The van der Waals surface area contributed by atoms with Gasteiger partial charge < -0.3 is 9.84 Å². The fourth-order valence-corrected chi connectivity index (χ4v) is 0.308. The summed E-state index contributed by atoms with van der Waals surface area (Å²) in [6.07, 6.45) is 7.66. The molecule has 0 rings (SSSR count). The summed E-state index contributed by atoms with van der Waals surface area (Å²) in [6, 6.07) is 0. The Morgan fingerprint density at radius 1 is 1.70 bits per heavy atom. The second-order valence-corrected chi connectivity index (χ2v) is 1.40. The molecule has 3 heteroatoms. The maximum Gasteiger partial charge on any atom is 0.384 e. The van der Waals surface area contributed by atoms with Gasteiger partial charge in [-0.2, -0.15) is 0 Å². The number of carbonyl (C=O) groups is 1. The van der Waals surface area contributed by atoms with E-state index in [0.29, 0.717) is 0 Å². The van der Waals surface area contributed by atoms with Crippen LogP contribution < -0.4 is 0 Å². The lowest BCUT2D eigenvalue weighted by molar-refractivity contribution is -0.135. The Morgan fingerprint density at radius 3 is 2.90 bits per heavy atom. The molecule has 54 valence electrons.